The number of nitro groups is 1. The van der Waals surface area contributed by atoms with E-state index in [1.165, 1.54) is 25.1 Å². The van der Waals surface area contributed by atoms with Crippen LogP contribution in [0.15, 0.2) is 41.7 Å². The molecule has 0 fully saturated rings. The molecule has 0 heterocycles. The van der Waals surface area contributed by atoms with Crippen molar-refractivity contribution in [3.63, 3.8) is 0 Å². The number of aromatic carboxylic acids is 1. The van der Waals surface area contributed by atoms with Crippen LogP contribution in [0, 0.1) is 16.0 Å². The van der Waals surface area contributed by atoms with E-state index in [0.29, 0.717) is 11.3 Å². The van der Waals surface area contributed by atoms with Gasteiger partial charge in [0.2, 0.25) is 0 Å². The van der Waals surface area contributed by atoms with Crippen LogP contribution in [0.3, 0.4) is 0 Å². The zero-order chi connectivity index (χ0) is 18.7. The quantitative estimate of drug-likeness (QED) is 0.596. The average molecular weight is 347 g/mol. The number of aliphatic hydroxyl groups is 1. The molecule has 0 spiro atoms. The molecule has 0 amide bonds. The Morgan fingerprint density at radius 2 is 2.04 bits per heavy atom. The van der Waals surface area contributed by atoms with Crippen molar-refractivity contribution in [2.45, 2.75) is 26.6 Å². The molecule has 1 aromatic rings. The largest absolute Gasteiger partial charge is 0.489 e. The Morgan fingerprint density at radius 1 is 1.36 bits per heavy atom. The monoisotopic (exact) mass is 347 g/mol. The lowest BCUT2D eigenvalue weighted by Crippen LogP contribution is -2.29. The molecule has 2 N–H and O–H groups in total. The first kappa shape index (κ1) is 18.3. The second-order valence-corrected chi connectivity index (χ2v) is 5.68. The Kier molecular flexibility index (Phi) is 5.33. The maximum absolute atomic E-state index is 11.4. The maximum Gasteiger partial charge on any atom is 0.335 e. The van der Waals surface area contributed by atoms with E-state index in [2.05, 4.69) is 0 Å². The number of carbonyl (C=O) groups is 2. The van der Waals surface area contributed by atoms with Gasteiger partial charge in [-0.15, -0.1) is 0 Å². The normalized spacial score (nSPS) is 19.6. The van der Waals surface area contributed by atoms with E-state index in [0.717, 1.165) is 6.07 Å². The lowest BCUT2D eigenvalue weighted by molar-refractivity contribution is -0.385. The molecule has 0 saturated carbocycles. The first-order valence-electron chi connectivity index (χ1n) is 7.43. The number of carboxylic acids is 1. The zero-order valence-corrected chi connectivity index (χ0v) is 13.6. The highest BCUT2D eigenvalue weighted by Crippen LogP contribution is 2.28. The SMILES string of the molecule is CC(=O)C1C=CC(OCc2ccc(C(=O)O)cc2[N+](=O)[O-])=C(C)C1O. The predicted molar refractivity (Wildman–Crippen MR) is 86.9 cm³/mol. The molecule has 2 rings (SSSR count). The molecule has 8 heteroatoms. The average Bonchev–Trinajstić information content (AvgIpc) is 2.55. The molecule has 132 valence electrons. The minimum Gasteiger partial charge on any atom is -0.489 e. The Morgan fingerprint density at radius 3 is 2.60 bits per heavy atom. The van der Waals surface area contributed by atoms with Gasteiger partial charge in [0.1, 0.15) is 18.1 Å². The number of nitrogens with zero attached hydrogens (tertiary/aromatic N) is 1. The Bertz CT molecular complexity index is 794. The molecular formula is C17H17NO7. The van der Waals surface area contributed by atoms with E-state index in [4.69, 9.17) is 9.84 Å². The van der Waals surface area contributed by atoms with Gasteiger partial charge in [0.05, 0.1) is 28.1 Å². The summed E-state index contributed by atoms with van der Waals surface area (Å²) in [7, 11) is 0. The van der Waals surface area contributed by atoms with Crippen LogP contribution in [0.5, 0.6) is 0 Å². The fraction of sp³-hybridized carbons (Fsp3) is 0.294. The predicted octanol–water partition coefficient (Wildman–Crippen LogP) is 2.22. The third kappa shape index (κ3) is 3.92. The zero-order valence-electron chi connectivity index (χ0n) is 13.6. The van der Waals surface area contributed by atoms with Crippen LogP contribution in [0.25, 0.3) is 0 Å². The van der Waals surface area contributed by atoms with Gasteiger partial charge in [0.25, 0.3) is 5.69 Å². The van der Waals surface area contributed by atoms with Crippen molar-refractivity contribution < 1.29 is 29.5 Å². The molecule has 1 aliphatic rings. The molecule has 0 radical (unpaired) electrons. The number of nitro benzene ring substituents is 1. The van der Waals surface area contributed by atoms with Gasteiger partial charge < -0.3 is 14.9 Å². The summed E-state index contributed by atoms with van der Waals surface area (Å²) in [6.45, 7) is 2.82. The fourth-order valence-electron chi connectivity index (χ4n) is 2.51. The number of carbonyl (C=O) groups excluding carboxylic acids is 1. The minimum atomic E-state index is -1.26. The molecule has 0 bridgehead atoms. The molecule has 8 nitrogen and oxygen atoms in total. The van der Waals surface area contributed by atoms with Gasteiger partial charge in [-0.25, -0.2) is 4.79 Å². The van der Waals surface area contributed by atoms with Crippen molar-refractivity contribution in [3.8, 4) is 0 Å². The van der Waals surface area contributed by atoms with E-state index in [-0.39, 0.29) is 29.2 Å². The number of aliphatic hydroxyl groups excluding tert-OH is 1. The van der Waals surface area contributed by atoms with Crippen molar-refractivity contribution in [1.82, 2.24) is 0 Å². The number of benzene rings is 1. The number of hydrogen-bond acceptors (Lipinski definition) is 6. The van der Waals surface area contributed by atoms with Crippen molar-refractivity contribution in [2.75, 3.05) is 0 Å². The summed E-state index contributed by atoms with van der Waals surface area (Å²) in [6, 6.07) is 3.55. The van der Waals surface area contributed by atoms with E-state index in [1.54, 1.807) is 13.0 Å². The standard InChI is InChI=1S/C17H17NO7/c1-9-15(6-5-13(10(2)19)16(9)20)25-8-12-4-3-11(17(21)22)7-14(12)18(23)24/h3-7,13,16,20H,8H2,1-2H3,(H,21,22). The summed E-state index contributed by atoms with van der Waals surface area (Å²) >= 11 is 0. The molecule has 2 unspecified atom stereocenters. The Balaban J connectivity index is 2.22. The van der Waals surface area contributed by atoms with Crippen molar-refractivity contribution in [2.24, 2.45) is 5.92 Å². The number of carboxylic acid groups (broad SMARTS) is 1. The van der Waals surface area contributed by atoms with Gasteiger partial charge in [-0.2, -0.15) is 0 Å². The summed E-state index contributed by atoms with van der Waals surface area (Å²) in [5.41, 5.74) is 0.0997. The second-order valence-electron chi connectivity index (χ2n) is 5.68. The fourth-order valence-corrected chi connectivity index (χ4v) is 2.51. The first-order valence-corrected chi connectivity index (χ1v) is 7.43. The molecule has 1 aromatic carbocycles. The maximum atomic E-state index is 11.4. The van der Waals surface area contributed by atoms with Crippen LogP contribution >= 0.6 is 0 Å². The lowest BCUT2D eigenvalue weighted by atomic mass is 9.88. The molecule has 2 atom stereocenters. The van der Waals surface area contributed by atoms with Crippen molar-refractivity contribution >= 4 is 17.4 Å². The third-order valence-electron chi connectivity index (χ3n) is 4.01. The highest BCUT2D eigenvalue weighted by atomic mass is 16.6. The first-order chi connectivity index (χ1) is 11.7. The van der Waals surface area contributed by atoms with Crippen molar-refractivity contribution in [1.29, 1.82) is 0 Å². The summed E-state index contributed by atoms with van der Waals surface area (Å²) < 4.78 is 5.54. The van der Waals surface area contributed by atoms with Crippen molar-refractivity contribution in [3.05, 3.63) is 62.9 Å². The third-order valence-corrected chi connectivity index (χ3v) is 4.01. The van der Waals surface area contributed by atoms with Crippen LogP contribution in [0.4, 0.5) is 5.69 Å². The van der Waals surface area contributed by atoms with E-state index in [1.807, 2.05) is 0 Å². The second kappa shape index (κ2) is 7.27. The van der Waals surface area contributed by atoms with Gasteiger partial charge in [-0.1, -0.05) is 6.08 Å². The smallest absolute Gasteiger partial charge is 0.335 e. The molecular weight excluding hydrogens is 330 g/mol. The molecule has 0 aliphatic heterocycles. The number of rotatable bonds is 6. The van der Waals surface area contributed by atoms with Crippen LogP contribution < -0.4 is 0 Å². The van der Waals surface area contributed by atoms with Gasteiger partial charge in [0.15, 0.2) is 0 Å². The Hall–Kier alpha value is -3.00. The topological polar surface area (TPSA) is 127 Å². The van der Waals surface area contributed by atoms with Gasteiger partial charge in [-0.3, -0.25) is 14.9 Å². The van der Waals surface area contributed by atoms with E-state index < -0.39 is 22.9 Å². The molecule has 0 saturated heterocycles. The molecule has 0 aromatic heterocycles. The number of Topliss-reactive ketones (excluding diaryl/α,β-unsaturated/α-hetero) is 1. The molecule has 25 heavy (non-hydrogen) atoms. The van der Waals surface area contributed by atoms with Crippen LogP contribution in [0.1, 0.15) is 29.8 Å². The van der Waals surface area contributed by atoms with E-state index in [9.17, 15) is 24.8 Å². The Labute approximate surface area is 143 Å². The number of allylic oxidation sites excluding steroid dienone is 1. The van der Waals surface area contributed by atoms with Gasteiger partial charge >= 0.3 is 5.97 Å². The van der Waals surface area contributed by atoms with Crippen LogP contribution in [-0.4, -0.2) is 33.0 Å². The number of ketones is 1. The van der Waals surface area contributed by atoms with Crippen LogP contribution in [-0.2, 0) is 16.1 Å². The summed E-state index contributed by atoms with van der Waals surface area (Å²) in [5.74, 6) is -1.76. The highest BCUT2D eigenvalue weighted by molar-refractivity contribution is 5.88. The summed E-state index contributed by atoms with van der Waals surface area (Å²) in [6.07, 6.45) is 2.06. The van der Waals surface area contributed by atoms with E-state index >= 15 is 0 Å². The highest BCUT2D eigenvalue weighted by Gasteiger charge is 2.28. The lowest BCUT2D eigenvalue weighted by Gasteiger charge is -2.24. The summed E-state index contributed by atoms with van der Waals surface area (Å²) in [4.78, 5) is 32.8. The minimum absolute atomic E-state index is 0.176. The van der Waals surface area contributed by atoms with Crippen LogP contribution in [0.2, 0.25) is 0 Å². The number of ether oxygens (including phenoxy) is 1. The van der Waals surface area contributed by atoms with Gasteiger partial charge in [-0.05, 0) is 37.6 Å². The summed E-state index contributed by atoms with van der Waals surface area (Å²) in [5, 5.41) is 30.2. The number of hydrogen-bond donors (Lipinski definition) is 2. The molecule has 1 aliphatic carbocycles. The van der Waals surface area contributed by atoms with Gasteiger partial charge in [0, 0.05) is 6.07 Å².